The third kappa shape index (κ3) is 4.08. The molecule has 1 aromatic carbocycles. The van der Waals surface area contributed by atoms with Crippen molar-refractivity contribution in [3.63, 3.8) is 0 Å². The molecule has 3 aromatic heterocycles. The largest absolute Gasteiger partial charge is 0.493 e. The lowest BCUT2D eigenvalue weighted by atomic mass is 9.86. The van der Waals surface area contributed by atoms with E-state index in [-0.39, 0.29) is 23.6 Å². The Labute approximate surface area is 198 Å². The second kappa shape index (κ2) is 8.66. The molecule has 0 spiro atoms. The van der Waals surface area contributed by atoms with Crippen molar-refractivity contribution in [3.8, 4) is 11.6 Å². The number of aliphatic hydroxyl groups is 1. The van der Waals surface area contributed by atoms with E-state index in [0.717, 1.165) is 17.8 Å². The van der Waals surface area contributed by atoms with E-state index in [0.29, 0.717) is 30.1 Å². The summed E-state index contributed by atoms with van der Waals surface area (Å²) in [5.41, 5.74) is -0.355. The third-order valence-electron chi connectivity index (χ3n) is 5.88. The summed E-state index contributed by atoms with van der Waals surface area (Å²) >= 11 is 0. The van der Waals surface area contributed by atoms with Gasteiger partial charge in [-0.3, -0.25) is 4.57 Å². The van der Waals surface area contributed by atoms with Crippen LogP contribution in [0.5, 0.6) is 5.75 Å². The van der Waals surface area contributed by atoms with Crippen LogP contribution in [-0.2, 0) is 12.1 Å². The van der Waals surface area contributed by atoms with Gasteiger partial charge in [0, 0.05) is 18.9 Å². The SMILES string of the molecule is COc1cc(/C=C/c2nc3n(n2)CCCC3(O)c2cc(F)c(F)c(F)c2)cnc1-n1cnc(C)c1. The van der Waals surface area contributed by atoms with Crippen LogP contribution in [0.4, 0.5) is 13.2 Å². The molecule has 5 rings (SSSR count). The molecule has 0 saturated carbocycles. The predicted molar refractivity (Wildman–Crippen MR) is 120 cm³/mol. The minimum absolute atomic E-state index is 0.114. The normalized spacial score (nSPS) is 17.7. The second-order valence-electron chi connectivity index (χ2n) is 8.28. The van der Waals surface area contributed by atoms with Crippen molar-refractivity contribution < 1.29 is 23.0 Å². The predicted octanol–water partition coefficient (Wildman–Crippen LogP) is 3.79. The molecule has 4 heterocycles. The van der Waals surface area contributed by atoms with Crippen molar-refractivity contribution >= 4 is 12.2 Å². The van der Waals surface area contributed by atoms with Gasteiger partial charge in [-0.2, -0.15) is 5.10 Å². The number of benzene rings is 1. The number of hydrogen-bond donors (Lipinski definition) is 1. The molecule has 1 unspecified atom stereocenters. The van der Waals surface area contributed by atoms with Crippen LogP contribution in [0.1, 0.15) is 41.3 Å². The van der Waals surface area contributed by atoms with Gasteiger partial charge in [-0.05, 0) is 61.2 Å². The van der Waals surface area contributed by atoms with Gasteiger partial charge in [0.15, 0.2) is 40.7 Å². The fraction of sp³-hybridized carbons (Fsp3) is 0.250. The van der Waals surface area contributed by atoms with Gasteiger partial charge in [0.2, 0.25) is 0 Å². The molecule has 4 aromatic rings. The molecule has 180 valence electrons. The van der Waals surface area contributed by atoms with Crippen LogP contribution in [0.2, 0.25) is 0 Å². The van der Waals surface area contributed by atoms with E-state index in [9.17, 15) is 18.3 Å². The number of rotatable bonds is 5. The van der Waals surface area contributed by atoms with E-state index in [4.69, 9.17) is 4.74 Å². The molecule has 0 fully saturated rings. The minimum atomic E-state index is -1.80. The first-order valence-electron chi connectivity index (χ1n) is 10.8. The zero-order valence-corrected chi connectivity index (χ0v) is 18.9. The zero-order valence-electron chi connectivity index (χ0n) is 18.9. The fourth-order valence-corrected chi connectivity index (χ4v) is 4.15. The summed E-state index contributed by atoms with van der Waals surface area (Å²) in [4.78, 5) is 13.1. The number of methoxy groups -OCH3 is 1. The van der Waals surface area contributed by atoms with Crippen LogP contribution >= 0.6 is 0 Å². The average molecular weight is 482 g/mol. The lowest BCUT2D eigenvalue weighted by Crippen LogP contribution is -2.36. The van der Waals surface area contributed by atoms with Crippen molar-refractivity contribution in [2.24, 2.45) is 0 Å². The van der Waals surface area contributed by atoms with E-state index in [1.54, 1.807) is 42.4 Å². The third-order valence-corrected chi connectivity index (χ3v) is 5.88. The Balaban J connectivity index is 1.45. The Bertz CT molecular complexity index is 1420. The Kier molecular flexibility index (Phi) is 5.64. The average Bonchev–Trinajstić information content (AvgIpc) is 3.47. The minimum Gasteiger partial charge on any atom is -0.493 e. The van der Waals surface area contributed by atoms with Gasteiger partial charge in [0.05, 0.1) is 12.8 Å². The number of aryl methyl sites for hydroxylation is 2. The number of fused-ring (bicyclic) bond motifs is 1. The molecule has 0 saturated heterocycles. The van der Waals surface area contributed by atoms with Gasteiger partial charge in [0.1, 0.15) is 11.9 Å². The second-order valence-corrected chi connectivity index (χ2v) is 8.28. The molecule has 1 aliphatic heterocycles. The Morgan fingerprint density at radius 1 is 1.11 bits per heavy atom. The van der Waals surface area contributed by atoms with Crippen LogP contribution in [0.3, 0.4) is 0 Å². The van der Waals surface area contributed by atoms with Crippen molar-refractivity contribution in [3.05, 3.63) is 82.8 Å². The number of imidazole rings is 1. The van der Waals surface area contributed by atoms with Gasteiger partial charge < -0.3 is 9.84 Å². The lowest BCUT2D eigenvalue weighted by Gasteiger charge is -2.31. The summed E-state index contributed by atoms with van der Waals surface area (Å²) in [6.07, 6.45) is 9.16. The number of pyridine rings is 1. The molecule has 1 N–H and O–H groups in total. The van der Waals surface area contributed by atoms with Gasteiger partial charge >= 0.3 is 0 Å². The highest BCUT2D eigenvalue weighted by Gasteiger charge is 2.40. The summed E-state index contributed by atoms with van der Waals surface area (Å²) in [6, 6.07) is 3.38. The Morgan fingerprint density at radius 2 is 1.89 bits per heavy atom. The highest BCUT2D eigenvalue weighted by Crippen LogP contribution is 2.37. The molecule has 0 bridgehead atoms. The Hall–Kier alpha value is -3.99. The Morgan fingerprint density at radius 3 is 2.57 bits per heavy atom. The number of halogens is 3. The standard InChI is InChI=1S/C24H21F3N6O2/c1-14-12-32(13-29-14)22-19(35-2)8-15(11-28-22)4-5-20-30-23-24(34,6-3-7-33(23)31-20)16-9-17(25)21(27)18(26)10-16/h4-5,8-13,34H,3,6-7H2,1-2H3/b5-4+. The first kappa shape index (κ1) is 22.8. The van der Waals surface area contributed by atoms with Crippen LogP contribution in [0, 0.1) is 24.4 Å². The maximum absolute atomic E-state index is 13.9. The van der Waals surface area contributed by atoms with Gasteiger partial charge in [-0.25, -0.2) is 32.8 Å². The van der Waals surface area contributed by atoms with Gasteiger partial charge in [0.25, 0.3) is 0 Å². The van der Waals surface area contributed by atoms with E-state index in [1.807, 2.05) is 13.1 Å². The first-order valence-corrected chi connectivity index (χ1v) is 10.8. The molecule has 35 heavy (non-hydrogen) atoms. The van der Waals surface area contributed by atoms with E-state index in [1.165, 1.54) is 4.68 Å². The zero-order chi connectivity index (χ0) is 24.7. The number of nitrogens with zero attached hydrogens (tertiary/aromatic N) is 6. The summed E-state index contributed by atoms with van der Waals surface area (Å²) in [5, 5.41) is 15.7. The smallest absolute Gasteiger partial charge is 0.194 e. The summed E-state index contributed by atoms with van der Waals surface area (Å²) < 4.78 is 49.9. The monoisotopic (exact) mass is 482 g/mol. The van der Waals surface area contributed by atoms with Crippen molar-refractivity contribution in [1.82, 2.24) is 29.3 Å². The molecule has 11 heteroatoms. The maximum atomic E-state index is 13.9. The molecule has 1 aliphatic rings. The highest BCUT2D eigenvalue weighted by molar-refractivity contribution is 5.67. The first-order chi connectivity index (χ1) is 16.8. The van der Waals surface area contributed by atoms with Gasteiger partial charge in [-0.1, -0.05) is 0 Å². The van der Waals surface area contributed by atoms with Crippen molar-refractivity contribution in [2.45, 2.75) is 31.9 Å². The summed E-state index contributed by atoms with van der Waals surface area (Å²) in [5.74, 6) is -2.79. The molecule has 0 amide bonds. The summed E-state index contributed by atoms with van der Waals surface area (Å²) in [7, 11) is 1.55. The molecule has 0 radical (unpaired) electrons. The van der Waals surface area contributed by atoms with E-state index < -0.39 is 23.1 Å². The molecule has 8 nitrogen and oxygen atoms in total. The molecular weight excluding hydrogens is 461 g/mol. The van der Waals surface area contributed by atoms with Gasteiger partial charge in [-0.15, -0.1) is 0 Å². The number of hydrogen-bond acceptors (Lipinski definition) is 6. The topological polar surface area (TPSA) is 90.9 Å². The number of ether oxygens (including phenoxy) is 1. The summed E-state index contributed by atoms with van der Waals surface area (Å²) in [6.45, 7) is 2.35. The van der Waals surface area contributed by atoms with Crippen LogP contribution < -0.4 is 4.74 Å². The maximum Gasteiger partial charge on any atom is 0.194 e. The molecule has 0 aliphatic carbocycles. The van der Waals surface area contributed by atoms with Crippen LogP contribution in [0.15, 0.2) is 36.9 Å². The highest BCUT2D eigenvalue weighted by atomic mass is 19.2. The molecule has 1 atom stereocenters. The van der Waals surface area contributed by atoms with E-state index in [2.05, 4.69) is 20.1 Å². The van der Waals surface area contributed by atoms with Crippen LogP contribution in [-0.4, -0.2) is 41.5 Å². The van der Waals surface area contributed by atoms with E-state index >= 15 is 0 Å². The van der Waals surface area contributed by atoms with Crippen molar-refractivity contribution in [1.29, 1.82) is 0 Å². The molecular formula is C24H21F3N6O2. The lowest BCUT2D eigenvalue weighted by molar-refractivity contribution is 0.0387. The van der Waals surface area contributed by atoms with Crippen molar-refractivity contribution in [2.75, 3.05) is 7.11 Å². The number of aromatic nitrogens is 6. The fourth-order valence-electron chi connectivity index (χ4n) is 4.15. The quantitative estimate of drug-likeness (QED) is 0.436. The van der Waals surface area contributed by atoms with Crippen LogP contribution in [0.25, 0.3) is 18.0 Å².